The second kappa shape index (κ2) is 5.13. The first-order valence-corrected chi connectivity index (χ1v) is 7.15. The van der Waals surface area contributed by atoms with Gasteiger partial charge in [0.25, 0.3) is 0 Å². The fraction of sp³-hybridized carbons (Fsp3) is 0.562. The summed E-state index contributed by atoms with van der Waals surface area (Å²) in [6.07, 6.45) is 8.33. The molecular weight excluding hydrogens is 224 g/mol. The zero-order chi connectivity index (χ0) is 12.4. The van der Waals surface area contributed by atoms with E-state index in [2.05, 4.69) is 12.1 Å². The Kier molecular flexibility index (Phi) is 3.35. The normalized spacial score (nSPS) is 23.6. The molecular formula is C16H20O2. The number of carbonyl (C=O) groups excluding carboxylic acids is 1. The summed E-state index contributed by atoms with van der Waals surface area (Å²) in [4.78, 5) is 11.8. The molecule has 0 saturated heterocycles. The van der Waals surface area contributed by atoms with Gasteiger partial charge in [0.15, 0.2) is 11.9 Å². The van der Waals surface area contributed by atoms with Gasteiger partial charge in [-0.1, -0.05) is 12.1 Å². The number of Topliss-reactive ketones (excluding diaryl/α,β-unsaturated/α-hetero) is 1. The van der Waals surface area contributed by atoms with E-state index >= 15 is 0 Å². The molecule has 96 valence electrons. The van der Waals surface area contributed by atoms with Gasteiger partial charge in [0, 0.05) is 6.42 Å². The number of hydrogen-bond acceptors (Lipinski definition) is 2. The topological polar surface area (TPSA) is 26.3 Å². The second-order valence-corrected chi connectivity index (χ2v) is 5.42. The Morgan fingerprint density at radius 3 is 2.72 bits per heavy atom. The maximum atomic E-state index is 11.8. The summed E-state index contributed by atoms with van der Waals surface area (Å²) < 4.78 is 6.02. The first-order chi connectivity index (χ1) is 8.84. The number of aryl methyl sites for hydroxylation is 1. The second-order valence-electron chi connectivity index (χ2n) is 5.42. The summed E-state index contributed by atoms with van der Waals surface area (Å²) in [5.74, 6) is 1.25. The molecule has 0 aromatic heterocycles. The fourth-order valence-corrected chi connectivity index (χ4v) is 3.09. The van der Waals surface area contributed by atoms with Crippen molar-refractivity contribution in [2.24, 2.45) is 0 Å². The third-order valence-corrected chi connectivity index (χ3v) is 4.12. The zero-order valence-electron chi connectivity index (χ0n) is 10.8. The maximum absolute atomic E-state index is 11.8. The smallest absolute Gasteiger partial charge is 0.173 e. The largest absolute Gasteiger partial charge is 0.482 e. The molecule has 1 fully saturated rings. The standard InChI is InChI=1S/C16H20O2/c17-14-9-3-4-10-16(14)18-15-11-5-7-12-6-1-2-8-13(12)15/h5,7,11,16H,1-4,6,8-10H2. The summed E-state index contributed by atoms with van der Waals surface area (Å²) in [5, 5.41) is 0. The van der Waals surface area contributed by atoms with E-state index in [0.717, 1.165) is 37.9 Å². The van der Waals surface area contributed by atoms with Crippen LogP contribution in [0, 0.1) is 0 Å². The first-order valence-electron chi connectivity index (χ1n) is 7.15. The van der Waals surface area contributed by atoms with Gasteiger partial charge in [-0.2, -0.15) is 0 Å². The van der Waals surface area contributed by atoms with Crippen LogP contribution in [-0.4, -0.2) is 11.9 Å². The highest BCUT2D eigenvalue weighted by Crippen LogP contribution is 2.31. The molecule has 1 aromatic rings. The zero-order valence-corrected chi connectivity index (χ0v) is 10.8. The van der Waals surface area contributed by atoms with Crippen LogP contribution in [0.25, 0.3) is 0 Å². The SMILES string of the molecule is O=C1CCCCC1Oc1cccc2c1CCCC2. The number of benzene rings is 1. The average molecular weight is 244 g/mol. The van der Waals surface area contributed by atoms with E-state index in [-0.39, 0.29) is 11.9 Å². The highest BCUT2D eigenvalue weighted by Gasteiger charge is 2.25. The molecule has 2 aliphatic rings. The molecule has 0 amide bonds. The van der Waals surface area contributed by atoms with Gasteiger partial charge < -0.3 is 4.74 Å². The summed E-state index contributed by atoms with van der Waals surface area (Å²) in [5.41, 5.74) is 2.77. The predicted molar refractivity (Wildman–Crippen MR) is 71.0 cm³/mol. The molecule has 0 heterocycles. The molecule has 1 aromatic carbocycles. The van der Waals surface area contributed by atoms with Gasteiger partial charge in [-0.15, -0.1) is 0 Å². The summed E-state index contributed by atoms with van der Waals surface area (Å²) in [6, 6.07) is 6.29. The van der Waals surface area contributed by atoms with Crippen LogP contribution in [0.1, 0.15) is 49.7 Å². The lowest BCUT2D eigenvalue weighted by atomic mass is 9.91. The van der Waals surface area contributed by atoms with Crippen molar-refractivity contribution in [1.82, 2.24) is 0 Å². The molecule has 1 atom stereocenters. The third-order valence-electron chi connectivity index (χ3n) is 4.12. The minimum absolute atomic E-state index is 0.188. The number of hydrogen-bond donors (Lipinski definition) is 0. The van der Waals surface area contributed by atoms with Crippen molar-refractivity contribution in [3.05, 3.63) is 29.3 Å². The van der Waals surface area contributed by atoms with Gasteiger partial charge in [0.2, 0.25) is 0 Å². The van der Waals surface area contributed by atoms with Crippen molar-refractivity contribution in [1.29, 1.82) is 0 Å². The van der Waals surface area contributed by atoms with Crippen LogP contribution < -0.4 is 4.74 Å². The number of ether oxygens (including phenoxy) is 1. The van der Waals surface area contributed by atoms with Crippen LogP contribution in [0.5, 0.6) is 5.75 Å². The minimum atomic E-state index is -0.188. The Balaban J connectivity index is 1.81. The molecule has 3 rings (SSSR count). The number of rotatable bonds is 2. The van der Waals surface area contributed by atoms with Gasteiger partial charge in [-0.05, 0) is 62.1 Å². The van der Waals surface area contributed by atoms with Crippen LogP contribution >= 0.6 is 0 Å². The number of ketones is 1. The molecule has 2 aliphatic carbocycles. The fourth-order valence-electron chi connectivity index (χ4n) is 3.09. The first kappa shape index (κ1) is 11.8. The predicted octanol–water partition coefficient (Wildman–Crippen LogP) is 3.46. The van der Waals surface area contributed by atoms with Crippen molar-refractivity contribution in [2.75, 3.05) is 0 Å². The summed E-state index contributed by atoms with van der Waals surface area (Å²) in [6.45, 7) is 0. The van der Waals surface area contributed by atoms with Crippen LogP contribution in [0.4, 0.5) is 0 Å². The van der Waals surface area contributed by atoms with E-state index in [1.807, 2.05) is 6.07 Å². The molecule has 0 spiro atoms. The molecule has 2 heteroatoms. The molecule has 0 bridgehead atoms. The van der Waals surface area contributed by atoms with Gasteiger partial charge in [-0.25, -0.2) is 0 Å². The van der Waals surface area contributed by atoms with E-state index in [9.17, 15) is 4.79 Å². The van der Waals surface area contributed by atoms with E-state index in [1.165, 1.54) is 24.0 Å². The summed E-state index contributed by atoms with van der Waals surface area (Å²) >= 11 is 0. The van der Waals surface area contributed by atoms with E-state index in [0.29, 0.717) is 6.42 Å². The van der Waals surface area contributed by atoms with Crippen LogP contribution in [0.2, 0.25) is 0 Å². The maximum Gasteiger partial charge on any atom is 0.173 e. The highest BCUT2D eigenvalue weighted by molar-refractivity contribution is 5.84. The lowest BCUT2D eigenvalue weighted by Gasteiger charge is -2.25. The Labute approximate surface area is 108 Å². The molecule has 0 N–H and O–H groups in total. The number of carbonyl (C=O) groups is 1. The Morgan fingerprint density at radius 2 is 1.83 bits per heavy atom. The van der Waals surface area contributed by atoms with Crippen LogP contribution in [0.3, 0.4) is 0 Å². The molecule has 0 aliphatic heterocycles. The highest BCUT2D eigenvalue weighted by atomic mass is 16.5. The average Bonchev–Trinajstić information content (AvgIpc) is 2.42. The van der Waals surface area contributed by atoms with Crippen molar-refractivity contribution in [2.45, 2.75) is 57.5 Å². The monoisotopic (exact) mass is 244 g/mol. The van der Waals surface area contributed by atoms with Gasteiger partial charge in [-0.3, -0.25) is 4.79 Å². The molecule has 1 saturated carbocycles. The molecule has 2 nitrogen and oxygen atoms in total. The third kappa shape index (κ3) is 2.29. The van der Waals surface area contributed by atoms with Crippen molar-refractivity contribution < 1.29 is 9.53 Å². The minimum Gasteiger partial charge on any atom is -0.482 e. The van der Waals surface area contributed by atoms with Crippen LogP contribution in [0.15, 0.2) is 18.2 Å². The lowest BCUT2D eigenvalue weighted by molar-refractivity contribution is -0.127. The van der Waals surface area contributed by atoms with Gasteiger partial charge in [0.05, 0.1) is 0 Å². The van der Waals surface area contributed by atoms with Crippen LogP contribution in [-0.2, 0) is 17.6 Å². The van der Waals surface area contributed by atoms with E-state index in [4.69, 9.17) is 4.74 Å². The molecule has 0 radical (unpaired) electrons. The molecule has 1 unspecified atom stereocenters. The van der Waals surface area contributed by atoms with Gasteiger partial charge >= 0.3 is 0 Å². The lowest BCUT2D eigenvalue weighted by Crippen LogP contribution is -2.30. The van der Waals surface area contributed by atoms with Crippen molar-refractivity contribution in [3.8, 4) is 5.75 Å². The van der Waals surface area contributed by atoms with E-state index < -0.39 is 0 Å². The van der Waals surface area contributed by atoms with Crippen molar-refractivity contribution >= 4 is 5.78 Å². The van der Waals surface area contributed by atoms with E-state index in [1.54, 1.807) is 0 Å². The van der Waals surface area contributed by atoms with Crippen molar-refractivity contribution in [3.63, 3.8) is 0 Å². The Morgan fingerprint density at radius 1 is 1.00 bits per heavy atom. The summed E-state index contributed by atoms with van der Waals surface area (Å²) in [7, 11) is 0. The molecule has 18 heavy (non-hydrogen) atoms. The Bertz CT molecular complexity index is 450. The number of fused-ring (bicyclic) bond motifs is 1. The Hall–Kier alpha value is -1.31. The quantitative estimate of drug-likeness (QED) is 0.796. The van der Waals surface area contributed by atoms with Gasteiger partial charge in [0.1, 0.15) is 5.75 Å².